The molecule has 0 bridgehead atoms. The summed E-state index contributed by atoms with van der Waals surface area (Å²) in [7, 11) is -3.97. The number of halogens is 1. The number of rotatable bonds is 5. The van der Waals surface area contributed by atoms with Crippen molar-refractivity contribution in [1.29, 1.82) is 0 Å². The van der Waals surface area contributed by atoms with Gasteiger partial charge in [-0.05, 0) is 42.3 Å². The van der Waals surface area contributed by atoms with Crippen molar-refractivity contribution in [3.05, 3.63) is 104 Å². The molecule has 0 saturated heterocycles. The second-order valence-electron chi connectivity index (χ2n) is 7.22. The molecule has 0 fully saturated rings. The molecule has 31 heavy (non-hydrogen) atoms. The first-order chi connectivity index (χ1) is 14.8. The third-order valence-electron chi connectivity index (χ3n) is 5.08. The van der Waals surface area contributed by atoms with Crippen molar-refractivity contribution in [2.75, 3.05) is 0 Å². The Morgan fingerprint density at radius 3 is 2.39 bits per heavy atom. The van der Waals surface area contributed by atoms with Crippen LogP contribution in [-0.4, -0.2) is 23.5 Å². The minimum Gasteiger partial charge on any atom is -0.258 e. The molecule has 158 valence electrons. The Morgan fingerprint density at radius 2 is 1.74 bits per heavy atom. The van der Waals surface area contributed by atoms with Crippen molar-refractivity contribution in [1.82, 2.24) is 4.41 Å². The maximum Gasteiger partial charge on any atom is 0.279 e. The van der Waals surface area contributed by atoms with Crippen LogP contribution in [0.3, 0.4) is 0 Å². The lowest BCUT2D eigenvalue weighted by Crippen LogP contribution is -2.27. The van der Waals surface area contributed by atoms with Gasteiger partial charge in [0.05, 0.1) is 21.6 Å². The number of hydrazone groups is 1. The molecule has 9 heteroatoms. The fourth-order valence-electron chi connectivity index (χ4n) is 3.44. The number of hydrogen-bond acceptors (Lipinski definition) is 5. The number of non-ortho nitro benzene ring substituents is 1. The normalized spacial score (nSPS) is 16.3. The summed E-state index contributed by atoms with van der Waals surface area (Å²) in [5.74, 6) is 0. The van der Waals surface area contributed by atoms with Crippen LogP contribution in [0.5, 0.6) is 0 Å². The van der Waals surface area contributed by atoms with Crippen LogP contribution in [0.4, 0.5) is 5.69 Å². The Labute approximate surface area is 188 Å². The first-order valence-corrected chi connectivity index (χ1v) is 11.7. The van der Waals surface area contributed by atoms with Gasteiger partial charge in [-0.15, -0.1) is 0 Å². The highest BCUT2D eigenvalue weighted by molar-refractivity contribution is 9.10. The summed E-state index contributed by atoms with van der Waals surface area (Å²) in [6, 6.07) is 19.3. The van der Waals surface area contributed by atoms with Crippen LogP contribution in [0.2, 0.25) is 0 Å². The SMILES string of the molecule is Cc1ccc(S(=O)(=O)N2N=C(c3ccc(Br)cc3)CC2c2cccc([N+](=O)[O-])c2)cc1. The summed E-state index contributed by atoms with van der Waals surface area (Å²) in [6.45, 7) is 1.88. The Balaban J connectivity index is 1.81. The number of nitro benzene ring substituents is 1. The van der Waals surface area contributed by atoms with Gasteiger partial charge in [0.2, 0.25) is 0 Å². The fourth-order valence-corrected chi connectivity index (χ4v) is 5.14. The Bertz CT molecular complexity index is 1270. The van der Waals surface area contributed by atoms with Crippen LogP contribution in [-0.2, 0) is 10.0 Å². The van der Waals surface area contributed by atoms with E-state index >= 15 is 0 Å². The maximum atomic E-state index is 13.5. The molecule has 0 radical (unpaired) electrons. The summed E-state index contributed by atoms with van der Waals surface area (Å²) < 4.78 is 28.9. The minimum absolute atomic E-state index is 0.0951. The number of nitro groups is 1. The van der Waals surface area contributed by atoms with Gasteiger partial charge in [-0.3, -0.25) is 10.1 Å². The molecule has 0 aromatic heterocycles. The molecule has 3 aromatic carbocycles. The van der Waals surface area contributed by atoms with E-state index in [-0.39, 0.29) is 10.6 Å². The summed E-state index contributed by atoms with van der Waals surface area (Å²) in [5, 5.41) is 15.7. The quantitative estimate of drug-likeness (QED) is 0.355. The highest BCUT2D eigenvalue weighted by Crippen LogP contribution is 2.38. The average Bonchev–Trinajstić information content (AvgIpc) is 3.21. The average molecular weight is 500 g/mol. The van der Waals surface area contributed by atoms with Crippen LogP contribution >= 0.6 is 15.9 Å². The van der Waals surface area contributed by atoms with Crippen molar-refractivity contribution in [2.45, 2.75) is 24.3 Å². The van der Waals surface area contributed by atoms with Gasteiger partial charge in [-0.1, -0.05) is 57.9 Å². The van der Waals surface area contributed by atoms with Crippen molar-refractivity contribution >= 4 is 37.4 Å². The van der Waals surface area contributed by atoms with Crippen molar-refractivity contribution in [2.24, 2.45) is 5.10 Å². The van der Waals surface area contributed by atoms with E-state index in [1.165, 1.54) is 12.1 Å². The van der Waals surface area contributed by atoms with E-state index in [0.717, 1.165) is 20.0 Å². The van der Waals surface area contributed by atoms with Crippen molar-refractivity contribution < 1.29 is 13.3 Å². The van der Waals surface area contributed by atoms with Crippen molar-refractivity contribution in [3.8, 4) is 0 Å². The topological polar surface area (TPSA) is 92.9 Å². The minimum atomic E-state index is -3.97. The van der Waals surface area contributed by atoms with Crippen LogP contribution < -0.4 is 0 Å². The zero-order valence-corrected chi connectivity index (χ0v) is 18.9. The van der Waals surface area contributed by atoms with Gasteiger partial charge >= 0.3 is 0 Å². The molecule has 0 amide bonds. The number of aryl methyl sites for hydroxylation is 1. The zero-order chi connectivity index (χ0) is 22.2. The van der Waals surface area contributed by atoms with E-state index < -0.39 is 21.0 Å². The molecule has 1 heterocycles. The molecule has 1 unspecified atom stereocenters. The van der Waals surface area contributed by atoms with E-state index in [4.69, 9.17) is 0 Å². The fraction of sp³-hybridized carbons (Fsp3) is 0.136. The highest BCUT2D eigenvalue weighted by Gasteiger charge is 2.38. The summed E-state index contributed by atoms with van der Waals surface area (Å²) >= 11 is 3.39. The van der Waals surface area contributed by atoms with Crippen LogP contribution in [0.25, 0.3) is 0 Å². The highest BCUT2D eigenvalue weighted by atomic mass is 79.9. The molecule has 0 aliphatic carbocycles. The molecule has 4 rings (SSSR count). The number of hydrogen-bond donors (Lipinski definition) is 0. The summed E-state index contributed by atoms with van der Waals surface area (Å²) in [4.78, 5) is 10.9. The molecular weight excluding hydrogens is 482 g/mol. The first-order valence-electron chi connectivity index (χ1n) is 9.44. The largest absolute Gasteiger partial charge is 0.279 e. The predicted octanol–water partition coefficient (Wildman–Crippen LogP) is 5.21. The Kier molecular flexibility index (Phi) is 5.63. The monoisotopic (exact) mass is 499 g/mol. The number of benzene rings is 3. The molecule has 3 aromatic rings. The lowest BCUT2D eigenvalue weighted by molar-refractivity contribution is -0.384. The third-order valence-corrected chi connectivity index (χ3v) is 7.31. The van der Waals surface area contributed by atoms with E-state index in [1.54, 1.807) is 36.4 Å². The van der Waals surface area contributed by atoms with Gasteiger partial charge < -0.3 is 0 Å². The van der Waals surface area contributed by atoms with Crippen molar-refractivity contribution in [3.63, 3.8) is 0 Å². The maximum absolute atomic E-state index is 13.5. The first kappa shape index (κ1) is 21.2. The van der Waals surface area contributed by atoms with Gasteiger partial charge in [-0.25, -0.2) is 0 Å². The van der Waals surface area contributed by atoms with Gasteiger partial charge in [0.25, 0.3) is 15.7 Å². The molecule has 0 spiro atoms. The van der Waals surface area contributed by atoms with E-state index in [9.17, 15) is 18.5 Å². The molecule has 1 atom stereocenters. The molecule has 1 aliphatic heterocycles. The van der Waals surface area contributed by atoms with Gasteiger partial charge in [0.1, 0.15) is 0 Å². The summed E-state index contributed by atoms with van der Waals surface area (Å²) in [6.07, 6.45) is 0.299. The van der Waals surface area contributed by atoms with Gasteiger partial charge in [0, 0.05) is 23.0 Å². The number of nitrogens with zero attached hydrogens (tertiary/aromatic N) is 3. The number of sulfonamides is 1. The van der Waals surface area contributed by atoms with E-state index in [1.807, 2.05) is 31.2 Å². The molecule has 0 N–H and O–H groups in total. The second kappa shape index (κ2) is 8.24. The standard InChI is InChI=1S/C22H18BrN3O4S/c1-15-5-11-20(12-6-15)31(29,30)25-22(17-3-2-4-19(13-17)26(27)28)14-21(24-25)16-7-9-18(23)10-8-16/h2-13,22H,14H2,1H3. The van der Waals surface area contributed by atoms with Gasteiger partial charge in [0.15, 0.2) is 0 Å². The predicted molar refractivity (Wildman–Crippen MR) is 121 cm³/mol. The smallest absolute Gasteiger partial charge is 0.258 e. The lowest BCUT2D eigenvalue weighted by atomic mass is 9.99. The third kappa shape index (κ3) is 4.24. The van der Waals surface area contributed by atoms with Gasteiger partial charge in [-0.2, -0.15) is 17.9 Å². The van der Waals surface area contributed by atoms with Crippen LogP contribution in [0, 0.1) is 17.0 Å². The second-order valence-corrected chi connectivity index (χ2v) is 9.93. The van der Waals surface area contributed by atoms with E-state index in [0.29, 0.717) is 17.7 Å². The molecule has 7 nitrogen and oxygen atoms in total. The Hall–Kier alpha value is -3.04. The van der Waals surface area contributed by atoms with Crippen LogP contribution in [0.15, 0.2) is 87.3 Å². The molecule has 0 saturated carbocycles. The zero-order valence-electron chi connectivity index (χ0n) is 16.5. The van der Waals surface area contributed by atoms with E-state index in [2.05, 4.69) is 21.0 Å². The molecule has 1 aliphatic rings. The summed E-state index contributed by atoms with van der Waals surface area (Å²) in [5.41, 5.74) is 2.75. The molecular formula is C22H18BrN3O4S. The van der Waals surface area contributed by atoms with Crippen LogP contribution in [0.1, 0.15) is 29.2 Å². The Morgan fingerprint density at radius 1 is 1.06 bits per heavy atom. The lowest BCUT2D eigenvalue weighted by Gasteiger charge is -2.23.